The van der Waals surface area contributed by atoms with Crippen LogP contribution in [0.5, 0.6) is 0 Å². The van der Waals surface area contributed by atoms with Gasteiger partial charge in [0.2, 0.25) is 0 Å². The molecular weight excluding hydrogens is 254 g/mol. The number of rotatable bonds is 4. The number of anilines is 1. The van der Waals surface area contributed by atoms with Crippen LogP contribution in [0.15, 0.2) is 18.2 Å². The normalized spacial score (nSPS) is 22.3. The molecule has 0 bridgehead atoms. The molecule has 0 amide bonds. The monoisotopic (exact) mass is 275 g/mol. The molecule has 1 aromatic carbocycles. The van der Waals surface area contributed by atoms with Gasteiger partial charge in [0.25, 0.3) is 0 Å². The van der Waals surface area contributed by atoms with Crippen molar-refractivity contribution >= 4 is 5.69 Å². The second kappa shape index (κ2) is 6.23. The molecule has 0 spiro atoms. The van der Waals surface area contributed by atoms with Gasteiger partial charge in [0.15, 0.2) is 0 Å². The lowest BCUT2D eigenvalue weighted by Crippen LogP contribution is -2.23. The van der Waals surface area contributed by atoms with Crippen molar-refractivity contribution in [2.45, 2.75) is 38.6 Å². The van der Waals surface area contributed by atoms with Gasteiger partial charge in [0, 0.05) is 25.7 Å². The van der Waals surface area contributed by atoms with Crippen molar-refractivity contribution in [1.29, 1.82) is 5.26 Å². The van der Waals surface area contributed by atoms with Crippen LogP contribution < -0.4 is 10.2 Å². The number of nitrogens with one attached hydrogen (secondary N) is 1. The maximum absolute atomic E-state index is 9.61. The van der Waals surface area contributed by atoms with Crippen LogP contribution in [0.2, 0.25) is 0 Å². The second-order valence-electron chi connectivity index (χ2n) is 5.54. The first-order chi connectivity index (χ1) is 9.51. The van der Waals surface area contributed by atoms with E-state index in [-0.39, 0.29) is 0 Å². The van der Waals surface area contributed by atoms with Crippen LogP contribution in [0.1, 0.15) is 25.0 Å². The summed E-state index contributed by atoms with van der Waals surface area (Å²) >= 11 is 0. The molecule has 0 saturated carbocycles. The van der Waals surface area contributed by atoms with Crippen molar-refractivity contribution in [1.82, 2.24) is 5.32 Å². The van der Waals surface area contributed by atoms with Crippen LogP contribution in [-0.2, 0) is 6.54 Å². The molecular formula is C15H21N3O2. The molecule has 1 saturated heterocycles. The van der Waals surface area contributed by atoms with E-state index in [1.807, 2.05) is 23.1 Å². The Balaban J connectivity index is 2.17. The van der Waals surface area contributed by atoms with E-state index in [1.165, 1.54) is 0 Å². The summed E-state index contributed by atoms with van der Waals surface area (Å²) in [5.74, 6) is 0. The van der Waals surface area contributed by atoms with Crippen LogP contribution in [0.25, 0.3) is 0 Å². The Morgan fingerprint density at radius 1 is 1.35 bits per heavy atom. The average molecular weight is 275 g/mol. The molecule has 1 aliphatic rings. The fourth-order valence-corrected chi connectivity index (χ4v) is 2.35. The summed E-state index contributed by atoms with van der Waals surface area (Å²) in [6.45, 7) is 5.59. The number of hydrogen-bond donors (Lipinski definition) is 3. The molecule has 0 radical (unpaired) electrons. The lowest BCUT2D eigenvalue weighted by Gasteiger charge is -2.20. The molecule has 1 fully saturated rings. The summed E-state index contributed by atoms with van der Waals surface area (Å²) in [6, 6.07) is 8.32. The summed E-state index contributed by atoms with van der Waals surface area (Å²) in [4.78, 5) is 1.85. The van der Waals surface area contributed by atoms with E-state index in [9.17, 15) is 15.5 Å². The van der Waals surface area contributed by atoms with E-state index < -0.39 is 12.2 Å². The summed E-state index contributed by atoms with van der Waals surface area (Å²) < 4.78 is 0. The Labute approximate surface area is 119 Å². The third kappa shape index (κ3) is 3.28. The first kappa shape index (κ1) is 14.8. The molecule has 2 rings (SSSR count). The Bertz CT molecular complexity index is 500. The maximum atomic E-state index is 9.61. The van der Waals surface area contributed by atoms with Crippen LogP contribution in [0.4, 0.5) is 5.69 Å². The first-order valence-electron chi connectivity index (χ1n) is 6.88. The van der Waals surface area contributed by atoms with E-state index in [4.69, 9.17) is 0 Å². The van der Waals surface area contributed by atoms with Crippen LogP contribution in [0, 0.1) is 11.3 Å². The summed E-state index contributed by atoms with van der Waals surface area (Å²) in [5, 5.41) is 31.8. The zero-order valence-corrected chi connectivity index (χ0v) is 11.9. The lowest BCUT2D eigenvalue weighted by atomic mass is 10.1. The third-order valence-corrected chi connectivity index (χ3v) is 3.50. The van der Waals surface area contributed by atoms with E-state index in [0.29, 0.717) is 24.7 Å². The van der Waals surface area contributed by atoms with Crippen molar-refractivity contribution in [2.75, 3.05) is 18.0 Å². The number of nitriles is 1. The Morgan fingerprint density at radius 3 is 2.55 bits per heavy atom. The molecule has 1 aliphatic heterocycles. The summed E-state index contributed by atoms with van der Waals surface area (Å²) in [5.41, 5.74) is 2.41. The zero-order chi connectivity index (χ0) is 14.7. The SMILES string of the molecule is CC(C)NCc1ccc(N2CC(O)C(O)C2)c(C#N)c1. The lowest BCUT2D eigenvalue weighted by molar-refractivity contribution is 0.0572. The minimum absolute atomic E-state index is 0.361. The van der Waals surface area contributed by atoms with Gasteiger partial charge in [-0.25, -0.2) is 0 Å². The Morgan fingerprint density at radius 2 is 2.00 bits per heavy atom. The summed E-state index contributed by atoms with van der Waals surface area (Å²) in [6.07, 6.45) is -1.49. The van der Waals surface area contributed by atoms with Gasteiger partial charge in [-0.05, 0) is 17.7 Å². The molecule has 3 N–H and O–H groups in total. The highest BCUT2D eigenvalue weighted by molar-refractivity contribution is 5.61. The van der Waals surface area contributed by atoms with Gasteiger partial charge < -0.3 is 20.4 Å². The van der Waals surface area contributed by atoms with Gasteiger partial charge in [0.1, 0.15) is 6.07 Å². The fourth-order valence-electron chi connectivity index (χ4n) is 2.35. The summed E-state index contributed by atoms with van der Waals surface area (Å²) in [7, 11) is 0. The number of aliphatic hydroxyl groups excluding tert-OH is 2. The zero-order valence-electron chi connectivity index (χ0n) is 11.9. The first-order valence-corrected chi connectivity index (χ1v) is 6.88. The van der Waals surface area contributed by atoms with Crippen LogP contribution in [0.3, 0.4) is 0 Å². The van der Waals surface area contributed by atoms with E-state index in [2.05, 4.69) is 25.2 Å². The molecule has 20 heavy (non-hydrogen) atoms. The Hall–Kier alpha value is -1.61. The van der Waals surface area contributed by atoms with Crippen LogP contribution >= 0.6 is 0 Å². The van der Waals surface area contributed by atoms with Crippen LogP contribution in [-0.4, -0.2) is 41.6 Å². The van der Waals surface area contributed by atoms with Gasteiger partial charge in [0.05, 0.1) is 23.5 Å². The number of nitrogens with zero attached hydrogens (tertiary/aromatic N) is 2. The number of aliphatic hydroxyl groups is 2. The van der Waals surface area contributed by atoms with Crippen molar-refractivity contribution < 1.29 is 10.2 Å². The van der Waals surface area contributed by atoms with Gasteiger partial charge in [-0.1, -0.05) is 19.9 Å². The number of β-amino-alcohol motifs (C(OH)–C–C–N with tert-alkyl or cyclic N) is 2. The Kier molecular flexibility index (Phi) is 4.61. The predicted molar refractivity (Wildman–Crippen MR) is 77.4 cm³/mol. The molecule has 1 aromatic rings. The largest absolute Gasteiger partial charge is 0.389 e. The minimum Gasteiger partial charge on any atom is -0.389 e. The molecule has 108 valence electrons. The van der Waals surface area contributed by atoms with Crippen molar-refractivity contribution in [2.24, 2.45) is 0 Å². The van der Waals surface area contributed by atoms with Gasteiger partial charge in [-0.3, -0.25) is 0 Å². The molecule has 0 aliphatic carbocycles. The molecule has 5 heteroatoms. The van der Waals surface area contributed by atoms with Gasteiger partial charge >= 0.3 is 0 Å². The van der Waals surface area contributed by atoms with E-state index >= 15 is 0 Å². The quantitative estimate of drug-likeness (QED) is 0.750. The van der Waals surface area contributed by atoms with Gasteiger partial charge in [-0.2, -0.15) is 5.26 Å². The predicted octanol–water partition coefficient (Wildman–Crippen LogP) is 0.598. The van der Waals surface area contributed by atoms with Crippen molar-refractivity contribution in [3.05, 3.63) is 29.3 Å². The van der Waals surface area contributed by atoms with E-state index in [1.54, 1.807) is 0 Å². The molecule has 2 unspecified atom stereocenters. The molecule has 5 nitrogen and oxygen atoms in total. The minimum atomic E-state index is -0.746. The maximum Gasteiger partial charge on any atom is 0.101 e. The second-order valence-corrected chi connectivity index (χ2v) is 5.54. The highest BCUT2D eigenvalue weighted by atomic mass is 16.3. The third-order valence-electron chi connectivity index (χ3n) is 3.50. The molecule has 2 atom stereocenters. The molecule has 0 aromatic heterocycles. The standard InChI is InChI=1S/C15H21N3O2/c1-10(2)17-7-11-3-4-13(12(5-11)6-16)18-8-14(19)15(20)9-18/h3-5,10,14-15,17,19-20H,7-9H2,1-2H3. The fraction of sp³-hybridized carbons (Fsp3) is 0.533. The number of hydrogen-bond acceptors (Lipinski definition) is 5. The van der Waals surface area contributed by atoms with E-state index in [0.717, 1.165) is 17.8 Å². The average Bonchev–Trinajstić information content (AvgIpc) is 2.75. The topological polar surface area (TPSA) is 79.5 Å². The molecule has 1 heterocycles. The van der Waals surface area contributed by atoms with Crippen molar-refractivity contribution in [3.63, 3.8) is 0 Å². The number of benzene rings is 1. The van der Waals surface area contributed by atoms with Gasteiger partial charge in [-0.15, -0.1) is 0 Å². The highest BCUT2D eigenvalue weighted by Gasteiger charge is 2.30. The highest BCUT2D eigenvalue weighted by Crippen LogP contribution is 2.25. The van der Waals surface area contributed by atoms with Crippen molar-refractivity contribution in [3.8, 4) is 6.07 Å². The smallest absolute Gasteiger partial charge is 0.101 e.